The maximum Gasteiger partial charge on any atom is 0.250 e. The van der Waals surface area contributed by atoms with Crippen LogP contribution in [0.2, 0.25) is 0 Å². The number of nitrogens with one attached hydrogen (secondary N) is 1. The van der Waals surface area contributed by atoms with Crippen molar-refractivity contribution in [2.24, 2.45) is 5.10 Å². The van der Waals surface area contributed by atoms with Gasteiger partial charge in [-0.25, -0.2) is 5.43 Å². The van der Waals surface area contributed by atoms with E-state index in [9.17, 15) is 0 Å². The van der Waals surface area contributed by atoms with Crippen LogP contribution in [-0.2, 0) is 4.74 Å². The van der Waals surface area contributed by atoms with E-state index >= 15 is 0 Å². The Morgan fingerprint density at radius 1 is 0.906 bits per heavy atom. The molecule has 9 nitrogen and oxygen atoms in total. The van der Waals surface area contributed by atoms with E-state index in [0.717, 1.165) is 61.1 Å². The van der Waals surface area contributed by atoms with Crippen LogP contribution in [0.15, 0.2) is 41.5 Å². The molecule has 166 valence electrons. The summed E-state index contributed by atoms with van der Waals surface area (Å²) in [6.07, 6.45) is 4.10. The molecule has 0 aliphatic carbocycles. The highest BCUT2D eigenvalue weighted by Gasteiger charge is 2.21. The van der Waals surface area contributed by atoms with Gasteiger partial charge in [0.1, 0.15) is 5.75 Å². The quantitative estimate of drug-likeness (QED) is 0.469. The molecular weight excluding hydrogens is 406 g/mol. The number of ether oxygens (including phenoxy) is 2. The molecule has 1 aromatic heterocycles. The fourth-order valence-corrected chi connectivity index (χ4v) is 4.11. The average molecular weight is 434 g/mol. The number of rotatable bonds is 6. The van der Waals surface area contributed by atoms with Crippen molar-refractivity contribution in [3.63, 3.8) is 0 Å². The number of morpholine rings is 1. The van der Waals surface area contributed by atoms with E-state index in [-0.39, 0.29) is 0 Å². The van der Waals surface area contributed by atoms with Crippen LogP contribution in [0.4, 0.5) is 17.8 Å². The zero-order valence-electron chi connectivity index (χ0n) is 18.2. The zero-order valence-corrected chi connectivity index (χ0v) is 18.2. The summed E-state index contributed by atoms with van der Waals surface area (Å²) in [5, 5.41) is 6.56. The molecule has 2 aromatic carbocycles. The van der Waals surface area contributed by atoms with Gasteiger partial charge in [-0.05, 0) is 30.4 Å². The first-order valence-electron chi connectivity index (χ1n) is 11.0. The van der Waals surface area contributed by atoms with E-state index in [4.69, 9.17) is 14.5 Å². The Hall–Kier alpha value is -3.46. The molecule has 0 radical (unpaired) electrons. The molecule has 0 unspecified atom stereocenters. The van der Waals surface area contributed by atoms with Crippen LogP contribution in [-0.4, -0.2) is 67.7 Å². The lowest BCUT2D eigenvalue weighted by Crippen LogP contribution is -2.38. The summed E-state index contributed by atoms with van der Waals surface area (Å²) in [5.41, 5.74) is 4.00. The standard InChI is InChI=1S/C23H27N7O2/c1-31-20-9-8-17(18-6-2-3-7-19(18)20)16-24-28-21-25-22(29-10-4-5-11-29)27-23(26-21)30-12-14-32-15-13-30/h2-3,6-9,16H,4-5,10-15H2,1H3,(H,25,26,27,28)/b24-16-. The molecule has 2 fully saturated rings. The number of hydrogen-bond donors (Lipinski definition) is 1. The summed E-state index contributed by atoms with van der Waals surface area (Å²) >= 11 is 0. The monoisotopic (exact) mass is 433 g/mol. The van der Waals surface area contributed by atoms with E-state index < -0.39 is 0 Å². The van der Waals surface area contributed by atoms with E-state index in [1.54, 1.807) is 13.3 Å². The third-order valence-electron chi connectivity index (χ3n) is 5.80. The summed E-state index contributed by atoms with van der Waals surface area (Å²) in [6.45, 7) is 4.82. The van der Waals surface area contributed by atoms with Crippen molar-refractivity contribution in [2.75, 3.05) is 61.7 Å². The van der Waals surface area contributed by atoms with Gasteiger partial charge in [0, 0.05) is 37.1 Å². The normalized spacial score (nSPS) is 16.8. The Morgan fingerprint density at radius 3 is 2.31 bits per heavy atom. The molecule has 2 aliphatic heterocycles. The Balaban J connectivity index is 1.41. The number of aromatic nitrogens is 3. The first kappa shape index (κ1) is 20.4. The Kier molecular flexibility index (Phi) is 5.98. The first-order chi connectivity index (χ1) is 15.8. The predicted octanol–water partition coefficient (Wildman–Crippen LogP) is 2.92. The number of hydrazone groups is 1. The number of fused-ring (bicyclic) bond motifs is 1. The smallest absolute Gasteiger partial charge is 0.250 e. The molecule has 0 spiro atoms. The third kappa shape index (κ3) is 4.29. The van der Waals surface area contributed by atoms with Crippen molar-refractivity contribution in [2.45, 2.75) is 12.8 Å². The van der Waals surface area contributed by atoms with Crippen LogP contribution < -0.4 is 20.0 Å². The summed E-state index contributed by atoms with van der Waals surface area (Å²) in [6, 6.07) is 12.1. The molecule has 0 atom stereocenters. The lowest BCUT2D eigenvalue weighted by atomic mass is 10.0. The molecule has 0 amide bonds. The van der Waals surface area contributed by atoms with Crippen molar-refractivity contribution in [3.8, 4) is 5.75 Å². The van der Waals surface area contributed by atoms with Crippen LogP contribution >= 0.6 is 0 Å². The molecule has 3 aromatic rings. The van der Waals surface area contributed by atoms with Gasteiger partial charge in [0.15, 0.2) is 0 Å². The molecule has 32 heavy (non-hydrogen) atoms. The van der Waals surface area contributed by atoms with Crippen molar-refractivity contribution in [1.82, 2.24) is 15.0 Å². The molecule has 3 heterocycles. The third-order valence-corrected chi connectivity index (χ3v) is 5.80. The number of benzene rings is 2. The first-order valence-corrected chi connectivity index (χ1v) is 11.0. The summed E-state index contributed by atoms with van der Waals surface area (Å²) in [7, 11) is 1.68. The second kappa shape index (κ2) is 9.35. The van der Waals surface area contributed by atoms with E-state index in [0.29, 0.717) is 31.1 Å². The SMILES string of the molecule is COc1ccc(/C=N\Nc2nc(N3CCCC3)nc(N3CCOCC3)n2)c2ccccc12. The predicted molar refractivity (Wildman–Crippen MR) is 126 cm³/mol. The lowest BCUT2D eigenvalue weighted by Gasteiger charge is -2.27. The second-order valence-electron chi connectivity index (χ2n) is 7.83. The fourth-order valence-electron chi connectivity index (χ4n) is 4.11. The highest BCUT2D eigenvalue weighted by atomic mass is 16.5. The van der Waals surface area contributed by atoms with E-state index in [2.05, 4.69) is 36.4 Å². The zero-order chi connectivity index (χ0) is 21.8. The van der Waals surface area contributed by atoms with Gasteiger partial charge in [0.25, 0.3) is 0 Å². The van der Waals surface area contributed by atoms with E-state index in [1.165, 1.54) is 0 Å². The largest absolute Gasteiger partial charge is 0.496 e. The molecule has 2 aliphatic rings. The van der Waals surface area contributed by atoms with Gasteiger partial charge in [-0.15, -0.1) is 0 Å². The van der Waals surface area contributed by atoms with Crippen molar-refractivity contribution in [1.29, 1.82) is 0 Å². The molecule has 0 saturated carbocycles. The number of hydrogen-bond acceptors (Lipinski definition) is 9. The van der Waals surface area contributed by atoms with Crippen molar-refractivity contribution in [3.05, 3.63) is 42.0 Å². The minimum atomic E-state index is 0.442. The van der Waals surface area contributed by atoms with Crippen LogP contribution in [0.3, 0.4) is 0 Å². The topological polar surface area (TPSA) is 88.0 Å². The molecule has 5 rings (SSSR count). The second-order valence-corrected chi connectivity index (χ2v) is 7.83. The van der Waals surface area contributed by atoms with Crippen LogP contribution in [0.25, 0.3) is 10.8 Å². The van der Waals surface area contributed by atoms with Gasteiger partial charge < -0.3 is 19.3 Å². The highest BCUT2D eigenvalue weighted by molar-refractivity contribution is 6.02. The van der Waals surface area contributed by atoms with Gasteiger partial charge >= 0.3 is 0 Å². The molecule has 1 N–H and O–H groups in total. The number of anilines is 3. The van der Waals surface area contributed by atoms with Crippen molar-refractivity contribution < 1.29 is 9.47 Å². The fraction of sp³-hybridized carbons (Fsp3) is 0.391. The summed E-state index contributed by atoms with van der Waals surface area (Å²) in [4.78, 5) is 18.3. The van der Waals surface area contributed by atoms with Gasteiger partial charge in [0.2, 0.25) is 17.8 Å². The highest BCUT2D eigenvalue weighted by Crippen LogP contribution is 2.27. The Morgan fingerprint density at radius 2 is 1.59 bits per heavy atom. The molecule has 9 heteroatoms. The van der Waals surface area contributed by atoms with Gasteiger partial charge in [-0.1, -0.05) is 24.3 Å². The maximum atomic E-state index is 5.48. The maximum absolute atomic E-state index is 5.48. The van der Waals surface area contributed by atoms with Gasteiger partial charge in [0.05, 0.1) is 26.5 Å². The Bertz CT molecular complexity index is 1110. The minimum Gasteiger partial charge on any atom is -0.496 e. The molecule has 2 saturated heterocycles. The Labute approximate surface area is 187 Å². The van der Waals surface area contributed by atoms with Crippen LogP contribution in [0, 0.1) is 0 Å². The van der Waals surface area contributed by atoms with Gasteiger partial charge in [-0.3, -0.25) is 0 Å². The minimum absolute atomic E-state index is 0.442. The number of nitrogens with zero attached hydrogens (tertiary/aromatic N) is 6. The van der Waals surface area contributed by atoms with Crippen molar-refractivity contribution >= 4 is 34.8 Å². The van der Waals surface area contributed by atoms with Gasteiger partial charge in [-0.2, -0.15) is 20.1 Å². The molecule has 0 bridgehead atoms. The lowest BCUT2D eigenvalue weighted by molar-refractivity contribution is 0.122. The summed E-state index contributed by atoms with van der Waals surface area (Å²) in [5.74, 6) is 2.65. The number of methoxy groups -OCH3 is 1. The van der Waals surface area contributed by atoms with E-state index in [1.807, 2.05) is 30.3 Å². The molecular formula is C23H27N7O2. The average Bonchev–Trinajstić information content (AvgIpc) is 3.40. The summed E-state index contributed by atoms with van der Waals surface area (Å²) < 4.78 is 11.0. The van der Waals surface area contributed by atoms with Crippen LogP contribution in [0.1, 0.15) is 18.4 Å². The van der Waals surface area contributed by atoms with Crippen LogP contribution in [0.5, 0.6) is 5.75 Å².